The highest BCUT2D eigenvalue weighted by Gasteiger charge is 2.33. The second-order valence-corrected chi connectivity index (χ2v) is 11.5. The minimum absolute atomic E-state index is 0.0761. The van der Waals surface area contributed by atoms with Crippen molar-refractivity contribution in [2.24, 2.45) is 5.73 Å². The lowest BCUT2D eigenvalue weighted by molar-refractivity contribution is 0.0749. The monoisotopic (exact) mass is 578 g/mol. The molecule has 11 heteroatoms. The van der Waals surface area contributed by atoms with E-state index in [0.717, 1.165) is 33.9 Å². The highest BCUT2D eigenvalue weighted by molar-refractivity contribution is 5.95. The van der Waals surface area contributed by atoms with Gasteiger partial charge in [0.2, 0.25) is 5.91 Å². The SMILES string of the molecule is CC1CN(c2ccc(C(=O)N3Cc4cccnc4C3)cn2)Cc2c(C(=O)NCc3ccc(C(N)=O)cc3)nn(C(C)C)c21. The van der Waals surface area contributed by atoms with E-state index >= 15 is 0 Å². The van der Waals surface area contributed by atoms with E-state index < -0.39 is 5.91 Å². The van der Waals surface area contributed by atoms with Gasteiger partial charge < -0.3 is 20.9 Å². The molecule has 5 heterocycles. The Kier molecular flexibility index (Phi) is 7.39. The van der Waals surface area contributed by atoms with Gasteiger partial charge >= 0.3 is 0 Å². The Balaban J connectivity index is 1.19. The van der Waals surface area contributed by atoms with Crippen molar-refractivity contribution in [2.75, 3.05) is 11.4 Å². The number of fused-ring (bicyclic) bond motifs is 2. The van der Waals surface area contributed by atoms with E-state index in [2.05, 4.69) is 41.0 Å². The van der Waals surface area contributed by atoms with Crippen LogP contribution in [0.3, 0.4) is 0 Å². The molecule has 0 aliphatic carbocycles. The molecule has 0 saturated heterocycles. The summed E-state index contributed by atoms with van der Waals surface area (Å²) in [6, 6.07) is 14.5. The van der Waals surface area contributed by atoms with E-state index in [0.29, 0.717) is 43.0 Å². The van der Waals surface area contributed by atoms with E-state index in [9.17, 15) is 14.4 Å². The Bertz CT molecular complexity index is 1670. The molecule has 3 N–H and O–H groups in total. The minimum Gasteiger partial charge on any atom is -0.366 e. The topological polar surface area (TPSA) is 139 Å². The third kappa shape index (κ3) is 5.45. The zero-order chi connectivity index (χ0) is 30.2. The van der Waals surface area contributed by atoms with Crippen LogP contribution in [0, 0.1) is 0 Å². The first-order valence-corrected chi connectivity index (χ1v) is 14.4. The minimum atomic E-state index is -0.494. The Morgan fingerprint density at radius 3 is 2.44 bits per heavy atom. The van der Waals surface area contributed by atoms with Crippen molar-refractivity contribution in [3.63, 3.8) is 0 Å². The molecule has 220 valence electrons. The van der Waals surface area contributed by atoms with Crippen LogP contribution < -0.4 is 16.0 Å². The van der Waals surface area contributed by atoms with Gasteiger partial charge in [-0.3, -0.25) is 24.0 Å². The van der Waals surface area contributed by atoms with E-state index in [4.69, 9.17) is 10.8 Å². The van der Waals surface area contributed by atoms with E-state index in [1.54, 1.807) is 41.6 Å². The number of nitrogens with one attached hydrogen (secondary N) is 1. The quantitative estimate of drug-likeness (QED) is 0.342. The van der Waals surface area contributed by atoms with Crippen LogP contribution in [0.2, 0.25) is 0 Å². The third-order valence-electron chi connectivity index (χ3n) is 8.05. The normalized spacial score (nSPS) is 15.8. The van der Waals surface area contributed by atoms with Crippen molar-refractivity contribution < 1.29 is 14.4 Å². The number of benzene rings is 1. The summed E-state index contributed by atoms with van der Waals surface area (Å²) in [5.74, 6) is -0.00342. The Morgan fingerprint density at radius 2 is 1.77 bits per heavy atom. The van der Waals surface area contributed by atoms with Gasteiger partial charge in [-0.25, -0.2) is 4.98 Å². The summed E-state index contributed by atoms with van der Waals surface area (Å²) in [4.78, 5) is 50.9. The molecule has 3 amide bonds. The first-order valence-electron chi connectivity index (χ1n) is 14.4. The molecule has 0 saturated carbocycles. The number of hydrogen-bond donors (Lipinski definition) is 2. The van der Waals surface area contributed by atoms with Gasteiger partial charge in [-0.05, 0) is 55.3 Å². The van der Waals surface area contributed by atoms with Gasteiger partial charge in [0.25, 0.3) is 11.8 Å². The van der Waals surface area contributed by atoms with Crippen molar-refractivity contribution in [1.82, 2.24) is 30.0 Å². The molecule has 43 heavy (non-hydrogen) atoms. The molecule has 0 radical (unpaired) electrons. The summed E-state index contributed by atoms with van der Waals surface area (Å²) in [6.45, 7) is 8.73. The largest absolute Gasteiger partial charge is 0.366 e. The van der Waals surface area contributed by atoms with Crippen LogP contribution in [-0.4, -0.2) is 48.9 Å². The lowest BCUT2D eigenvalue weighted by Gasteiger charge is -2.33. The average molecular weight is 579 g/mol. The van der Waals surface area contributed by atoms with E-state index in [1.165, 1.54) is 0 Å². The molecular formula is C32H34N8O3. The molecule has 0 spiro atoms. The van der Waals surface area contributed by atoms with Gasteiger partial charge in [-0.2, -0.15) is 5.10 Å². The number of pyridine rings is 2. The van der Waals surface area contributed by atoms with Crippen LogP contribution in [0.1, 0.15) is 92.0 Å². The molecule has 2 aliphatic rings. The van der Waals surface area contributed by atoms with E-state index in [-0.39, 0.29) is 30.3 Å². The van der Waals surface area contributed by atoms with E-state index in [1.807, 2.05) is 28.9 Å². The summed E-state index contributed by atoms with van der Waals surface area (Å²) >= 11 is 0. The lowest BCUT2D eigenvalue weighted by Crippen LogP contribution is -2.35. The molecular weight excluding hydrogens is 544 g/mol. The molecule has 1 atom stereocenters. The molecule has 0 bridgehead atoms. The molecule has 1 unspecified atom stereocenters. The Morgan fingerprint density at radius 1 is 1.00 bits per heavy atom. The number of amides is 3. The third-order valence-corrected chi connectivity index (χ3v) is 8.05. The predicted molar refractivity (Wildman–Crippen MR) is 160 cm³/mol. The van der Waals surface area contributed by atoms with Crippen molar-refractivity contribution in [1.29, 1.82) is 0 Å². The van der Waals surface area contributed by atoms with Crippen LogP contribution in [0.5, 0.6) is 0 Å². The standard InChI is InChI=1S/C32H34N8O3/c1-19(2)40-29-20(3)15-38(17-25(29)28(37-40)31(42)36-13-21-6-8-22(9-7-21)30(33)41)27-11-10-23(14-35-27)32(43)39-16-24-5-4-12-34-26(24)18-39/h4-12,14,19-20H,13,15-18H2,1-3H3,(H2,33,41)(H,36,42). The number of hydrogen-bond acceptors (Lipinski definition) is 7. The number of primary amides is 1. The maximum Gasteiger partial charge on any atom is 0.272 e. The first-order chi connectivity index (χ1) is 20.7. The molecule has 0 fully saturated rings. The number of aromatic nitrogens is 4. The summed E-state index contributed by atoms with van der Waals surface area (Å²) in [6.07, 6.45) is 3.38. The fraction of sp³-hybridized carbons (Fsp3) is 0.312. The average Bonchev–Trinajstić information content (AvgIpc) is 3.62. The molecule has 11 nitrogen and oxygen atoms in total. The first kappa shape index (κ1) is 28.1. The number of rotatable bonds is 7. The maximum absolute atomic E-state index is 13.4. The van der Waals surface area contributed by atoms with Crippen LogP contribution in [0.15, 0.2) is 60.9 Å². The summed E-state index contributed by atoms with van der Waals surface area (Å²) < 4.78 is 1.95. The molecule has 2 aliphatic heterocycles. The molecule has 3 aromatic heterocycles. The van der Waals surface area contributed by atoms with Crippen molar-refractivity contribution in [2.45, 2.75) is 58.9 Å². The lowest BCUT2D eigenvalue weighted by atomic mass is 9.95. The smallest absolute Gasteiger partial charge is 0.272 e. The fourth-order valence-electron chi connectivity index (χ4n) is 5.86. The summed E-state index contributed by atoms with van der Waals surface area (Å²) in [7, 11) is 0. The highest BCUT2D eigenvalue weighted by atomic mass is 16.2. The number of anilines is 1. The van der Waals surface area contributed by atoms with Gasteiger partial charge in [-0.1, -0.05) is 25.1 Å². The van der Waals surface area contributed by atoms with Gasteiger partial charge in [-0.15, -0.1) is 0 Å². The van der Waals surface area contributed by atoms with Gasteiger partial charge in [0, 0.05) is 67.4 Å². The van der Waals surface area contributed by atoms with Crippen LogP contribution in [0.25, 0.3) is 0 Å². The summed E-state index contributed by atoms with van der Waals surface area (Å²) in [5.41, 5.74) is 11.4. The van der Waals surface area contributed by atoms with Crippen molar-refractivity contribution in [3.8, 4) is 0 Å². The zero-order valence-corrected chi connectivity index (χ0v) is 24.4. The predicted octanol–water partition coefficient (Wildman–Crippen LogP) is 3.56. The second kappa shape index (κ2) is 11.3. The number of nitrogens with zero attached hydrogens (tertiary/aromatic N) is 6. The van der Waals surface area contributed by atoms with Crippen LogP contribution >= 0.6 is 0 Å². The molecule has 4 aromatic rings. The Labute approximate surface area is 249 Å². The van der Waals surface area contributed by atoms with Crippen LogP contribution in [-0.2, 0) is 26.2 Å². The summed E-state index contributed by atoms with van der Waals surface area (Å²) in [5, 5.41) is 7.74. The maximum atomic E-state index is 13.4. The number of carbonyl (C=O) groups is 3. The van der Waals surface area contributed by atoms with Crippen LogP contribution in [0.4, 0.5) is 5.82 Å². The van der Waals surface area contributed by atoms with Gasteiger partial charge in [0.05, 0.1) is 17.8 Å². The van der Waals surface area contributed by atoms with Gasteiger partial charge in [0.15, 0.2) is 5.69 Å². The van der Waals surface area contributed by atoms with Crippen molar-refractivity contribution in [3.05, 3.63) is 106 Å². The highest BCUT2D eigenvalue weighted by Crippen LogP contribution is 2.34. The fourth-order valence-corrected chi connectivity index (χ4v) is 5.86. The zero-order valence-electron chi connectivity index (χ0n) is 24.4. The second-order valence-electron chi connectivity index (χ2n) is 11.5. The molecule has 6 rings (SSSR count). The molecule has 1 aromatic carbocycles. The van der Waals surface area contributed by atoms with Crippen molar-refractivity contribution >= 4 is 23.5 Å². The number of nitrogens with two attached hydrogens (primary N) is 1. The number of carbonyl (C=O) groups excluding carboxylic acids is 3. The van der Waals surface area contributed by atoms with Gasteiger partial charge in [0.1, 0.15) is 5.82 Å². The Hall–Kier alpha value is -5.06.